The second kappa shape index (κ2) is 11.5. The lowest BCUT2D eigenvalue weighted by molar-refractivity contribution is 0.0732. The maximum absolute atomic E-state index is 10.00. The van der Waals surface area contributed by atoms with Crippen molar-refractivity contribution in [3.05, 3.63) is 23.8 Å². The zero-order valence-electron chi connectivity index (χ0n) is 16.0. The quantitative estimate of drug-likeness (QED) is 0.289. The second-order valence-corrected chi connectivity index (χ2v) is 6.64. The molecule has 1 aromatic carbocycles. The predicted octanol–water partition coefficient (Wildman–Crippen LogP) is 3.28. The maximum Gasteiger partial charge on any atom is 0.191 e. The third-order valence-corrected chi connectivity index (χ3v) is 4.92. The first-order chi connectivity index (χ1) is 12.1. The van der Waals surface area contributed by atoms with Crippen LogP contribution in [-0.2, 0) is 11.3 Å². The zero-order chi connectivity index (χ0) is 18.1. The molecule has 0 spiro atoms. The highest BCUT2D eigenvalue weighted by Crippen LogP contribution is 2.43. The summed E-state index contributed by atoms with van der Waals surface area (Å²) in [5, 5.41) is 16.7. The molecule has 0 aliphatic heterocycles. The normalized spacial score (nSPS) is 15.6. The summed E-state index contributed by atoms with van der Waals surface area (Å²) in [5.41, 5.74) is 1.07. The van der Waals surface area contributed by atoms with Gasteiger partial charge >= 0.3 is 0 Å². The van der Waals surface area contributed by atoms with Crippen LogP contribution in [0.3, 0.4) is 0 Å². The van der Waals surface area contributed by atoms with Crippen molar-refractivity contribution in [1.82, 2.24) is 10.6 Å². The highest BCUT2D eigenvalue weighted by atomic mass is 127. The SMILES string of the molecule is CCNC(=NCc1cc(OC)ccc1O)NCC1(CCOC)CCC1.I. The minimum Gasteiger partial charge on any atom is -0.508 e. The highest BCUT2D eigenvalue weighted by Gasteiger charge is 2.36. The molecule has 0 heterocycles. The molecule has 26 heavy (non-hydrogen) atoms. The van der Waals surface area contributed by atoms with E-state index in [1.165, 1.54) is 19.3 Å². The fraction of sp³-hybridized carbons (Fsp3) is 0.632. The van der Waals surface area contributed by atoms with Crippen molar-refractivity contribution in [3.63, 3.8) is 0 Å². The predicted molar refractivity (Wildman–Crippen MR) is 116 cm³/mol. The lowest BCUT2D eigenvalue weighted by Gasteiger charge is -2.42. The Morgan fingerprint density at radius 1 is 1.27 bits per heavy atom. The van der Waals surface area contributed by atoms with Crippen LogP contribution in [0.2, 0.25) is 0 Å². The third kappa shape index (κ3) is 6.50. The maximum atomic E-state index is 10.00. The molecule has 1 aliphatic carbocycles. The van der Waals surface area contributed by atoms with Gasteiger partial charge in [-0.1, -0.05) is 6.42 Å². The van der Waals surface area contributed by atoms with E-state index in [0.29, 0.717) is 17.7 Å². The molecule has 1 fully saturated rings. The number of rotatable bonds is 9. The number of phenols is 1. The molecule has 148 valence electrons. The third-order valence-electron chi connectivity index (χ3n) is 4.92. The number of hydrogen-bond donors (Lipinski definition) is 3. The Hall–Kier alpha value is -1.22. The van der Waals surface area contributed by atoms with E-state index in [9.17, 15) is 5.11 Å². The van der Waals surface area contributed by atoms with Gasteiger partial charge in [0.15, 0.2) is 5.96 Å². The number of aliphatic imine (C=N–C) groups is 1. The van der Waals surface area contributed by atoms with Crippen molar-refractivity contribution in [2.45, 2.75) is 39.2 Å². The first-order valence-corrected chi connectivity index (χ1v) is 8.99. The summed E-state index contributed by atoms with van der Waals surface area (Å²) in [7, 11) is 3.37. The molecule has 0 amide bonds. The molecule has 1 aliphatic rings. The van der Waals surface area contributed by atoms with E-state index in [1.54, 1.807) is 26.4 Å². The van der Waals surface area contributed by atoms with Crippen molar-refractivity contribution in [2.24, 2.45) is 10.4 Å². The van der Waals surface area contributed by atoms with Crippen molar-refractivity contribution < 1.29 is 14.6 Å². The Morgan fingerprint density at radius 3 is 2.62 bits per heavy atom. The molecule has 0 bridgehead atoms. The minimum absolute atomic E-state index is 0. The summed E-state index contributed by atoms with van der Waals surface area (Å²) in [4.78, 5) is 4.61. The molecular weight excluding hydrogens is 445 g/mol. The van der Waals surface area contributed by atoms with Gasteiger partial charge in [-0.25, -0.2) is 4.99 Å². The van der Waals surface area contributed by atoms with Gasteiger partial charge in [0.25, 0.3) is 0 Å². The molecule has 0 aromatic heterocycles. The van der Waals surface area contributed by atoms with E-state index in [4.69, 9.17) is 9.47 Å². The fourth-order valence-corrected chi connectivity index (χ4v) is 3.10. The van der Waals surface area contributed by atoms with E-state index in [2.05, 4.69) is 15.6 Å². The number of nitrogens with zero attached hydrogens (tertiary/aromatic N) is 1. The Balaban J connectivity index is 0.00000338. The smallest absolute Gasteiger partial charge is 0.191 e. The average Bonchev–Trinajstić information content (AvgIpc) is 2.59. The van der Waals surface area contributed by atoms with Crippen LogP contribution in [0.1, 0.15) is 38.2 Å². The van der Waals surface area contributed by atoms with Crippen LogP contribution >= 0.6 is 24.0 Å². The van der Waals surface area contributed by atoms with E-state index in [-0.39, 0.29) is 29.7 Å². The van der Waals surface area contributed by atoms with Gasteiger partial charge in [0.05, 0.1) is 13.7 Å². The second-order valence-electron chi connectivity index (χ2n) is 6.64. The van der Waals surface area contributed by atoms with E-state index in [1.807, 2.05) is 13.0 Å². The Morgan fingerprint density at radius 2 is 2.04 bits per heavy atom. The number of nitrogens with one attached hydrogen (secondary N) is 2. The summed E-state index contributed by atoms with van der Waals surface area (Å²) in [6.45, 7) is 4.92. The molecule has 1 saturated carbocycles. The molecule has 6 nitrogen and oxygen atoms in total. The number of methoxy groups -OCH3 is 2. The van der Waals surface area contributed by atoms with Crippen LogP contribution < -0.4 is 15.4 Å². The molecule has 7 heteroatoms. The number of halogens is 1. The molecule has 1 aromatic rings. The lowest BCUT2D eigenvalue weighted by atomic mass is 9.67. The summed E-state index contributed by atoms with van der Waals surface area (Å²) in [6.07, 6.45) is 4.84. The van der Waals surface area contributed by atoms with Gasteiger partial charge in [-0.15, -0.1) is 24.0 Å². The average molecular weight is 477 g/mol. The van der Waals surface area contributed by atoms with Crippen LogP contribution in [0.5, 0.6) is 11.5 Å². The largest absolute Gasteiger partial charge is 0.508 e. The Labute approximate surface area is 173 Å². The number of guanidine groups is 1. The first kappa shape index (κ1) is 22.8. The fourth-order valence-electron chi connectivity index (χ4n) is 3.10. The number of hydrogen-bond acceptors (Lipinski definition) is 4. The zero-order valence-corrected chi connectivity index (χ0v) is 18.3. The van der Waals surface area contributed by atoms with Crippen molar-refractivity contribution in [3.8, 4) is 11.5 Å². The van der Waals surface area contributed by atoms with Crippen LogP contribution in [-0.4, -0.2) is 45.0 Å². The monoisotopic (exact) mass is 477 g/mol. The summed E-state index contributed by atoms with van der Waals surface area (Å²) < 4.78 is 10.5. The summed E-state index contributed by atoms with van der Waals surface area (Å²) in [5.74, 6) is 1.72. The molecular formula is C19H32IN3O3. The van der Waals surface area contributed by atoms with E-state index < -0.39 is 0 Å². The van der Waals surface area contributed by atoms with Gasteiger partial charge in [0.2, 0.25) is 0 Å². The van der Waals surface area contributed by atoms with Crippen molar-refractivity contribution in [1.29, 1.82) is 0 Å². The number of ether oxygens (including phenoxy) is 2. The summed E-state index contributed by atoms with van der Waals surface area (Å²) in [6, 6.07) is 5.19. The molecule has 2 rings (SSSR count). The van der Waals surface area contributed by atoms with Gasteiger partial charge < -0.3 is 25.2 Å². The Bertz CT molecular complexity index is 577. The minimum atomic E-state index is 0. The van der Waals surface area contributed by atoms with Gasteiger partial charge in [-0.3, -0.25) is 0 Å². The molecule has 0 radical (unpaired) electrons. The van der Waals surface area contributed by atoms with Crippen molar-refractivity contribution in [2.75, 3.05) is 33.9 Å². The molecule has 3 N–H and O–H groups in total. The van der Waals surface area contributed by atoms with Crippen LogP contribution in [0, 0.1) is 5.41 Å². The van der Waals surface area contributed by atoms with Gasteiger partial charge in [0.1, 0.15) is 11.5 Å². The lowest BCUT2D eigenvalue weighted by Crippen LogP contribution is -2.46. The van der Waals surface area contributed by atoms with Crippen molar-refractivity contribution >= 4 is 29.9 Å². The molecule has 0 atom stereocenters. The number of aromatic hydroxyl groups is 1. The standard InChI is InChI=1S/C19H31N3O3.HI/c1-4-20-18(22-14-19(8-5-9-19)10-11-24-2)21-13-15-12-16(25-3)6-7-17(15)23;/h6-7,12,23H,4-5,8-11,13-14H2,1-3H3,(H2,20,21,22);1H. The van der Waals surface area contributed by atoms with Crippen LogP contribution in [0.4, 0.5) is 0 Å². The highest BCUT2D eigenvalue weighted by molar-refractivity contribution is 14.0. The topological polar surface area (TPSA) is 75.1 Å². The number of benzene rings is 1. The van der Waals surface area contributed by atoms with Gasteiger partial charge in [-0.05, 0) is 49.8 Å². The number of phenolic OH excluding ortho intramolecular Hbond substituents is 1. The molecule has 0 unspecified atom stereocenters. The van der Waals surface area contributed by atoms with Crippen LogP contribution in [0.15, 0.2) is 23.2 Å². The van der Waals surface area contributed by atoms with E-state index >= 15 is 0 Å². The van der Waals surface area contributed by atoms with Gasteiger partial charge in [-0.2, -0.15) is 0 Å². The van der Waals surface area contributed by atoms with Gasteiger partial charge in [0, 0.05) is 32.4 Å². The van der Waals surface area contributed by atoms with Crippen LogP contribution in [0.25, 0.3) is 0 Å². The summed E-state index contributed by atoms with van der Waals surface area (Å²) >= 11 is 0. The Kier molecular flexibility index (Phi) is 10.1. The van der Waals surface area contributed by atoms with E-state index in [0.717, 1.165) is 37.6 Å². The molecule has 0 saturated heterocycles. The first-order valence-electron chi connectivity index (χ1n) is 8.99.